The van der Waals surface area contributed by atoms with E-state index in [-0.39, 0.29) is 11.8 Å². The van der Waals surface area contributed by atoms with Crippen molar-refractivity contribution in [2.24, 2.45) is 5.73 Å². The van der Waals surface area contributed by atoms with Gasteiger partial charge in [0.25, 0.3) is 5.91 Å². The van der Waals surface area contributed by atoms with Crippen LogP contribution in [0.25, 0.3) is 21.3 Å². The van der Waals surface area contributed by atoms with E-state index in [0.29, 0.717) is 41.7 Å². The minimum Gasteiger partial charge on any atom is -0.422 e. The predicted molar refractivity (Wildman–Crippen MR) is 157 cm³/mol. The van der Waals surface area contributed by atoms with Gasteiger partial charge in [-0.3, -0.25) is 4.79 Å². The summed E-state index contributed by atoms with van der Waals surface area (Å²) in [7, 11) is 1.18. The number of aromatic nitrogens is 3. The number of benzene rings is 2. The van der Waals surface area contributed by atoms with Gasteiger partial charge in [0.2, 0.25) is 11.8 Å². The van der Waals surface area contributed by atoms with E-state index in [9.17, 15) is 13.2 Å². The molecule has 4 aromatic rings. The van der Waals surface area contributed by atoms with Crippen molar-refractivity contribution in [3.8, 4) is 11.1 Å². The van der Waals surface area contributed by atoms with Crippen LogP contribution in [0.3, 0.4) is 0 Å². The van der Waals surface area contributed by atoms with Crippen LogP contribution in [0.15, 0.2) is 46.9 Å². The molecule has 15 heteroatoms. The minimum atomic E-state index is -3.63. The van der Waals surface area contributed by atoms with Gasteiger partial charge >= 0.3 is 0 Å². The lowest BCUT2D eigenvalue weighted by Gasteiger charge is -2.07. The molecule has 0 spiro atoms. The fourth-order valence-corrected chi connectivity index (χ4v) is 6.04. The lowest BCUT2D eigenvalue weighted by Crippen LogP contribution is -2.26. The molecule has 0 saturated carbocycles. The number of rotatable bonds is 10. The number of amides is 1. The fourth-order valence-electron chi connectivity index (χ4n) is 3.51. The maximum absolute atomic E-state index is 12.6. The van der Waals surface area contributed by atoms with E-state index < -0.39 is 15.1 Å². The van der Waals surface area contributed by atoms with E-state index in [1.807, 2.05) is 50.0 Å². The Bertz CT molecular complexity index is 1490. The van der Waals surface area contributed by atoms with Crippen molar-refractivity contribution in [2.45, 2.75) is 11.8 Å². The summed E-state index contributed by atoms with van der Waals surface area (Å²) in [4.78, 5) is 33.0. The molecule has 1 amide bonds. The smallest absolute Gasteiger partial charge is 0.251 e. The number of methoxy groups -OCH3 is 1. The van der Waals surface area contributed by atoms with E-state index in [0.717, 1.165) is 22.1 Å². The number of hydrogen-bond donors (Lipinski definition) is 3. The second-order valence-electron chi connectivity index (χ2n) is 7.84. The summed E-state index contributed by atoms with van der Waals surface area (Å²) in [6, 6.07) is 12.9. The third-order valence-corrected chi connectivity index (χ3v) is 7.66. The van der Waals surface area contributed by atoms with E-state index in [2.05, 4.69) is 31.5 Å². The summed E-state index contributed by atoms with van der Waals surface area (Å²) < 4.78 is 36.6. The van der Waals surface area contributed by atoms with Crippen LogP contribution in [0.2, 0.25) is 0 Å². The number of thiazole rings is 1. The molecular weight excluding hydrogens is 572 g/mol. The van der Waals surface area contributed by atoms with Crippen LogP contribution in [0, 0.1) is 0 Å². The van der Waals surface area contributed by atoms with E-state index >= 15 is 0 Å². The largest absolute Gasteiger partial charge is 0.422 e. The normalized spacial score (nSPS) is 11.1. The number of nitrogens with two attached hydrogens (primary N) is 1. The second kappa shape index (κ2) is 17.7. The quantitative estimate of drug-likeness (QED) is 0.222. The number of ether oxygens (including phenoxy) is 1. The maximum Gasteiger partial charge on any atom is 0.251 e. The maximum atomic E-state index is 12.6. The lowest BCUT2D eigenvalue weighted by molar-refractivity contribution is -0.0987. The molecule has 2 aromatic heterocycles. The molecule has 0 aliphatic carbocycles. The molecule has 0 bridgehead atoms. The van der Waals surface area contributed by atoms with Gasteiger partial charge in [0.1, 0.15) is 18.6 Å². The molecule has 0 aliphatic heterocycles. The average Bonchev–Trinajstić information content (AvgIpc) is 3.62. The molecule has 0 radical (unpaired) electrons. The molecule has 4 N–H and O–H groups in total. The first kappa shape index (κ1) is 35.1. The monoisotopic (exact) mass is 606 g/mol. The SMILES string of the molecule is C=O.C=O.CN.CNCc1nnc(C(c2nc3ccc(-c4cccc(C(=O)NCCOC)c4)cc3s2)S(C)(=O)=O)o1. The minimum absolute atomic E-state index is 0.00999. The van der Waals surface area contributed by atoms with Crippen LogP contribution >= 0.6 is 11.3 Å². The first-order chi connectivity index (χ1) is 19.8. The van der Waals surface area contributed by atoms with Crippen LogP contribution < -0.4 is 16.4 Å². The van der Waals surface area contributed by atoms with Gasteiger partial charge in [0.05, 0.1) is 23.4 Å². The molecule has 1 atom stereocenters. The predicted octanol–water partition coefficient (Wildman–Crippen LogP) is 1.78. The van der Waals surface area contributed by atoms with Gasteiger partial charge in [-0.1, -0.05) is 18.2 Å². The number of carbonyl (C=O) groups is 3. The number of nitrogens with one attached hydrogen (secondary N) is 2. The number of carbonyl (C=O) groups excluding carboxylic acids is 3. The Morgan fingerprint density at radius 2 is 1.78 bits per heavy atom. The van der Waals surface area contributed by atoms with Crippen LogP contribution in [0.4, 0.5) is 0 Å². The summed E-state index contributed by atoms with van der Waals surface area (Å²) in [6.07, 6.45) is 1.13. The Labute approximate surface area is 242 Å². The molecule has 0 aliphatic rings. The number of hydrogen-bond acceptors (Lipinski definition) is 13. The van der Waals surface area contributed by atoms with Crippen molar-refractivity contribution in [1.29, 1.82) is 0 Å². The van der Waals surface area contributed by atoms with E-state index in [1.54, 1.807) is 20.2 Å². The Balaban J connectivity index is 0.00000131. The van der Waals surface area contributed by atoms with Crippen molar-refractivity contribution in [3.05, 3.63) is 64.8 Å². The summed E-state index contributed by atoms with van der Waals surface area (Å²) in [5.41, 5.74) is 7.43. The molecule has 222 valence electrons. The summed E-state index contributed by atoms with van der Waals surface area (Å²) in [6.45, 7) is 5.19. The zero-order valence-corrected chi connectivity index (χ0v) is 24.9. The molecule has 1 unspecified atom stereocenters. The molecule has 41 heavy (non-hydrogen) atoms. The molecule has 0 saturated heterocycles. The van der Waals surface area contributed by atoms with Crippen molar-refractivity contribution >= 4 is 50.9 Å². The van der Waals surface area contributed by atoms with Crippen LogP contribution in [-0.2, 0) is 30.7 Å². The topological polar surface area (TPSA) is 196 Å². The van der Waals surface area contributed by atoms with Gasteiger partial charge < -0.3 is 35.1 Å². The van der Waals surface area contributed by atoms with Crippen molar-refractivity contribution in [3.63, 3.8) is 0 Å². The Hall–Kier alpha value is -3.89. The van der Waals surface area contributed by atoms with Gasteiger partial charge in [0.15, 0.2) is 15.1 Å². The van der Waals surface area contributed by atoms with E-state index in [4.69, 9.17) is 18.7 Å². The highest BCUT2D eigenvalue weighted by Crippen LogP contribution is 2.36. The van der Waals surface area contributed by atoms with Gasteiger partial charge in [-0.25, -0.2) is 13.4 Å². The van der Waals surface area contributed by atoms with E-state index in [1.165, 1.54) is 18.4 Å². The van der Waals surface area contributed by atoms with Gasteiger partial charge in [0, 0.05) is 25.5 Å². The highest BCUT2D eigenvalue weighted by atomic mass is 32.2. The Morgan fingerprint density at radius 1 is 1.10 bits per heavy atom. The third-order valence-electron chi connectivity index (χ3n) is 5.14. The molecule has 13 nitrogen and oxygen atoms in total. The zero-order valence-electron chi connectivity index (χ0n) is 23.2. The van der Waals surface area contributed by atoms with Crippen molar-refractivity contribution < 1.29 is 32.0 Å². The molecule has 2 aromatic carbocycles. The Kier molecular flexibility index (Phi) is 15.2. The first-order valence-electron chi connectivity index (χ1n) is 11.9. The number of nitrogens with zero attached hydrogens (tertiary/aromatic N) is 3. The molecule has 2 heterocycles. The fraction of sp³-hybridized carbons (Fsp3) is 0.308. The standard InChI is InChI=1S/C23H25N5O5S2.CH5N.2CH2O/c1-24-13-19-27-28-22(33-19)20(35(3,30)31)23-26-17-8-7-15(12-18(17)34-23)14-5-4-6-16(11-14)21(29)25-9-10-32-2;3*1-2/h4-8,11-12,20,24H,9-10,13H2,1-3H3,(H,25,29);2H2,1H3;2*1H2. The highest BCUT2D eigenvalue weighted by Gasteiger charge is 2.33. The second-order valence-corrected chi connectivity index (χ2v) is 11.0. The summed E-state index contributed by atoms with van der Waals surface area (Å²) in [5.74, 6) is 0.105. The zero-order chi connectivity index (χ0) is 31.0. The number of sulfone groups is 1. The summed E-state index contributed by atoms with van der Waals surface area (Å²) in [5, 5.41) is 12.8. The van der Waals surface area contributed by atoms with Crippen LogP contribution in [0.5, 0.6) is 0 Å². The molecule has 4 rings (SSSR count). The summed E-state index contributed by atoms with van der Waals surface area (Å²) >= 11 is 1.26. The highest BCUT2D eigenvalue weighted by molar-refractivity contribution is 7.91. The van der Waals surface area contributed by atoms with Gasteiger partial charge in [-0.05, 0) is 49.5 Å². The van der Waals surface area contributed by atoms with Crippen molar-refractivity contribution in [1.82, 2.24) is 25.8 Å². The average molecular weight is 607 g/mol. The van der Waals surface area contributed by atoms with Crippen LogP contribution in [0.1, 0.15) is 32.4 Å². The molecular formula is C26H34N6O7S2. The van der Waals surface area contributed by atoms with Gasteiger partial charge in [-0.15, -0.1) is 21.5 Å². The first-order valence-corrected chi connectivity index (χ1v) is 14.7. The Morgan fingerprint density at radius 3 is 2.41 bits per heavy atom. The third kappa shape index (κ3) is 9.61. The lowest BCUT2D eigenvalue weighted by atomic mass is 10.0. The van der Waals surface area contributed by atoms with Gasteiger partial charge in [-0.2, -0.15) is 0 Å². The number of fused-ring (bicyclic) bond motifs is 1. The molecule has 0 fully saturated rings. The van der Waals surface area contributed by atoms with Crippen molar-refractivity contribution in [2.75, 3.05) is 40.6 Å². The van der Waals surface area contributed by atoms with Crippen LogP contribution in [-0.4, -0.2) is 83.7 Å².